The van der Waals surface area contributed by atoms with Gasteiger partial charge in [-0.15, -0.1) is 0 Å². The van der Waals surface area contributed by atoms with E-state index in [1.165, 1.54) is 6.92 Å². The van der Waals surface area contributed by atoms with Crippen molar-refractivity contribution in [2.75, 3.05) is 6.61 Å². The highest BCUT2D eigenvalue weighted by atomic mass is 19.3. The molecule has 0 aliphatic rings. The third-order valence-electron chi connectivity index (χ3n) is 0.927. The molecule has 6 heteroatoms. The van der Waals surface area contributed by atoms with Gasteiger partial charge < -0.3 is 9.84 Å². The maximum absolute atomic E-state index is 12.5. The van der Waals surface area contributed by atoms with Crippen LogP contribution < -0.4 is 0 Å². The van der Waals surface area contributed by atoms with Crippen LogP contribution in [0, 0.1) is 0 Å². The van der Waals surface area contributed by atoms with E-state index >= 15 is 0 Å². The van der Waals surface area contributed by atoms with E-state index in [1.807, 2.05) is 0 Å². The summed E-state index contributed by atoms with van der Waals surface area (Å²) in [4.78, 5) is 9.87. The van der Waals surface area contributed by atoms with Crippen molar-refractivity contribution in [2.45, 2.75) is 19.2 Å². The molecule has 11 heavy (non-hydrogen) atoms. The lowest BCUT2D eigenvalue weighted by Crippen LogP contribution is -2.43. The standard InChI is InChI=1S/C5H7F3O3/c1-2-11-5(8,3(6)7)4(9)10/h3H,2H2,1H3,(H,9,10). The number of aliphatic carboxylic acids is 1. The van der Waals surface area contributed by atoms with Crippen molar-refractivity contribution in [1.29, 1.82) is 0 Å². The van der Waals surface area contributed by atoms with Gasteiger partial charge in [0, 0.05) is 6.61 Å². The average molecular weight is 172 g/mol. The Kier molecular flexibility index (Phi) is 3.31. The molecule has 0 saturated heterocycles. The van der Waals surface area contributed by atoms with Gasteiger partial charge in [0.1, 0.15) is 0 Å². The quantitative estimate of drug-likeness (QED) is 0.689. The maximum atomic E-state index is 12.5. The van der Waals surface area contributed by atoms with Crippen LogP contribution in [-0.2, 0) is 9.53 Å². The van der Waals surface area contributed by atoms with Crippen LogP contribution in [0.2, 0.25) is 0 Å². The summed E-state index contributed by atoms with van der Waals surface area (Å²) in [6.07, 6.45) is -3.68. The summed E-state index contributed by atoms with van der Waals surface area (Å²) in [6.45, 7) is 0.798. The lowest BCUT2D eigenvalue weighted by atomic mass is 10.3. The highest BCUT2D eigenvalue weighted by molar-refractivity contribution is 5.76. The molecule has 0 aromatic rings. The van der Waals surface area contributed by atoms with E-state index in [4.69, 9.17) is 5.11 Å². The fourth-order valence-electron chi connectivity index (χ4n) is 0.428. The minimum absolute atomic E-state index is 0.423. The van der Waals surface area contributed by atoms with Crippen molar-refractivity contribution in [3.8, 4) is 0 Å². The monoisotopic (exact) mass is 172 g/mol. The van der Waals surface area contributed by atoms with Gasteiger partial charge in [-0.25, -0.2) is 13.6 Å². The number of carboxylic acid groups (broad SMARTS) is 1. The summed E-state index contributed by atoms with van der Waals surface area (Å²) in [5, 5.41) is 7.95. The fraction of sp³-hybridized carbons (Fsp3) is 0.800. The molecule has 0 bridgehead atoms. The minimum atomic E-state index is -3.87. The second-order valence-electron chi connectivity index (χ2n) is 1.68. The Balaban J connectivity index is 4.38. The second-order valence-corrected chi connectivity index (χ2v) is 1.68. The first kappa shape index (κ1) is 10.2. The molecule has 1 unspecified atom stereocenters. The van der Waals surface area contributed by atoms with E-state index in [0.29, 0.717) is 0 Å². The molecule has 0 radical (unpaired) electrons. The van der Waals surface area contributed by atoms with Crippen molar-refractivity contribution in [1.82, 2.24) is 0 Å². The third kappa shape index (κ3) is 2.07. The number of rotatable bonds is 4. The van der Waals surface area contributed by atoms with Crippen molar-refractivity contribution in [2.24, 2.45) is 0 Å². The SMILES string of the molecule is CCOC(F)(C(=O)O)C(F)F. The molecule has 0 aliphatic heterocycles. The molecule has 0 fully saturated rings. The van der Waals surface area contributed by atoms with Crippen molar-refractivity contribution >= 4 is 5.97 Å². The summed E-state index contributed by atoms with van der Waals surface area (Å²) in [5.41, 5.74) is 0. The average Bonchev–Trinajstić information content (AvgIpc) is 1.87. The van der Waals surface area contributed by atoms with Crippen molar-refractivity contribution < 1.29 is 27.8 Å². The van der Waals surface area contributed by atoms with Crippen LogP contribution in [0.4, 0.5) is 13.2 Å². The van der Waals surface area contributed by atoms with Gasteiger partial charge in [0.25, 0.3) is 0 Å². The van der Waals surface area contributed by atoms with E-state index < -0.39 is 24.9 Å². The molecular weight excluding hydrogens is 165 g/mol. The molecule has 3 nitrogen and oxygen atoms in total. The summed E-state index contributed by atoms with van der Waals surface area (Å²) in [7, 11) is 0. The molecule has 0 aromatic heterocycles. The number of carboxylic acids is 1. The van der Waals surface area contributed by atoms with Gasteiger partial charge in [-0.1, -0.05) is 0 Å². The Morgan fingerprint density at radius 2 is 2.18 bits per heavy atom. The molecule has 0 amide bonds. The van der Waals surface area contributed by atoms with Gasteiger partial charge in [-0.05, 0) is 6.92 Å². The third-order valence-corrected chi connectivity index (χ3v) is 0.927. The molecule has 1 atom stereocenters. The van der Waals surface area contributed by atoms with Crippen LogP contribution in [0.25, 0.3) is 0 Å². The number of alkyl halides is 3. The zero-order chi connectivity index (χ0) is 9.07. The largest absolute Gasteiger partial charge is 0.477 e. The Bertz CT molecular complexity index is 150. The van der Waals surface area contributed by atoms with Gasteiger partial charge in [0.15, 0.2) is 0 Å². The first-order chi connectivity index (χ1) is 4.95. The Morgan fingerprint density at radius 3 is 2.27 bits per heavy atom. The maximum Gasteiger partial charge on any atom is 0.375 e. The molecular formula is C5H7F3O3. The predicted octanol–water partition coefficient (Wildman–Crippen LogP) is 1.04. The highest BCUT2D eigenvalue weighted by Crippen LogP contribution is 2.22. The first-order valence-corrected chi connectivity index (χ1v) is 2.79. The molecule has 66 valence electrons. The Morgan fingerprint density at radius 1 is 1.73 bits per heavy atom. The summed E-state index contributed by atoms with van der Waals surface area (Å²) < 4.78 is 39.5. The molecule has 0 saturated carbocycles. The fourth-order valence-corrected chi connectivity index (χ4v) is 0.428. The molecule has 1 N–H and O–H groups in total. The van der Waals surface area contributed by atoms with Gasteiger partial charge in [0.05, 0.1) is 0 Å². The smallest absolute Gasteiger partial charge is 0.375 e. The van der Waals surface area contributed by atoms with Gasteiger partial charge in [0.2, 0.25) is 0 Å². The zero-order valence-electron chi connectivity index (χ0n) is 5.68. The number of halogens is 3. The van der Waals surface area contributed by atoms with E-state index in [0.717, 1.165) is 0 Å². The lowest BCUT2D eigenvalue weighted by Gasteiger charge is -2.18. The normalized spacial score (nSPS) is 16.5. The van der Waals surface area contributed by atoms with Crippen LogP contribution >= 0.6 is 0 Å². The summed E-state index contributed by atoms with van der Waals surface area (Å²) in [5.74, 6) is -6.18. The van der Waals surface area contributed by atoms with Gasteiger partial charge in [-0.3, -0.25) is 0 Å². The van der Waals surface area contributed by atoms with Crippen LogP contribution in [0.5, 0.6) is 0 Å². The molecule has 0 aliphatic carbocycles. The van der Waals surface area contributed by atoms with E-state index in [9.17, 15) is 18.0 Å². The number of hydrogen-bond donors (Lipinski definition) is 1. The van der Waals surface area contributed by atoms with Gasteiger partial charge in [-0.2, -0.15) is 4.39 Å². The highest BCUT2D eigenvalue weighted by Gasteiger charge is 2.49. The number of carbonyl (C=O) groups is 1. The minimum Gasteiger partial charge on any atom is -0.477 e. The van der Waals surface area contributed by atoms with Gasteiger partial charge >= 0.3 is 18.2 Å². The second kappa shape index (κ2) is 3.56. The van der Waals surface area contributed by atoms with E-state index in [-0.39, 0.29) is 0 Å². The molecule has 0 aromatic carbocycles. The predicted molar refractivity (Wildman–Crippen MR) is 29.1 cm³/mol. The lowest BCUT2D eigenvalue weighted by molar-refractivity contribution is -0.231. The van der Waals surface area contributed by atoms with E-state index in [2.05, 4.69) is 4.74 Å². The van der Waals surface area contributed by atoms with E-state index in [1.54, 1.807) is 0 Å². The Labute approximate surface area is 60.8 Å². The Hall–Kier alpha value is -0.780. The summed E-state index contributed by atoms with van der Waals surface area (Å²) in [6, 6.07) is 0. The van der Waals surface area contributed by atoms with Crippen LogP contribution in [-0.4, -0.2) is 30.0 Å². The molecule has 0 heterocycles. The number of ether oxygens (including phenoxy) is 1. The van der Waals surface area contributed by atoms with Crippen LogP contribution in [0.15, 0.2) is 0 Å². The zero-order valence-corrected chi connectivity index (χ0v) is 5.68. The topological polar surface area (TPSA) is 46.5 Å². The van der Waals surface area contributed by atoms with Crippen LogP contribution in [0.1, 0.15) is 6.92 Å². The summed E-state index contributed by atoms with van der Waals surface area (Å²) >= 11 is 0. The van der Waals surface area contributed by atoms with Crippen LogP contribution in [0.3, 0.4) is 0 Å². The van der Waals surface area contributed by atoms with Crippen molar-refractivity contribution in [3.05, 3.63) is 0 Å². The molecule has 0 rings (SSSR count). The van der Waals surface area contributed by atoms with Crippen molar-refractivity contribution in [3.63, 3.8) is 0 Å². The molecule has 0 spiro atoms. The first-order valence-electron chi connectivity index (χ1n) is 2.79. The number of hydrogen-bond acceptors (Lipinski definition) is 2.